The van der Waals surface area contributed by atoms with Gasteiger partial charge in [-0.2, -0.15) is 4.68 Å². The largest absolute Gasteiger partial charge is 0.489 e. The van der Waals surface area contributed by atoms with E-state index in [2.05, 4.69) is 136 Å². The summed E-state index contributed by atoms with van der Waals surface area (Å²) in [6, 6.07) is 35.4. The van der Waals surface area contributed by atoms with E-state index in [9.17, 15) is 0 Å². The lowest BCUT2D eigenvalue weighted by atomic mass is 10.0. The fourth-order valence-corrected chi connectivity index (χ4v) is 5.78. The summed E-state index contributed by atoms with van der Waals surface area (Å²) >= 11 is 0. The average molecular weight is 571 g/mol. The molecule has 0 aliphatic carbocycles. The minimum Gasteiger partial charge on any atom is -0.489 e. The fourth-order valence-electron chi connectivity index (χ4n) is 5.78. The van der Waals surface area contributed by atoms with Crippen molar-refractivity contribution in [2.45, 2.75) is 26.5 Å². The summed E-state index contributed by atoms with van der Waals surface area (Å²) in [6.07, 6.45) is 4.47. The number of aryl methyl sites for hydroxylation is 2. The Bertz CT molecular complexity index is 1600. The van der Waals surface area contributed by atoms with E-state index in [4.69, 9.17) is 4.74 Å². The SMILES string of the molecule is Cc1cccc(C)c1-n1nnnc1C(c1ccc(OCc2ccccc2)cc1)N1CCN(CC=Cc2ccccc2)CC1. The molecule has 43 heavy (non-hydrogen) atoms. The second-order valence-corrected chi connectivity index (χ2v) is 11.1. The number of piperazine rings is 1. The van der Waals surface area contributed by atoms with Gasteiger partial charge in [0.1, 0.15) is 12.4 Å². The van der Waals surface area contributed by atoms with E-state index < -0.39 is 0 Å². The second-order valence-electron chi connectivity index (χ2n) is 11.1. The zero-order valence-electron chi connectivity index (χ0n) is 24.9. The number of aromatic nitrogens is 4. The molecule has 218 valence electrons. The third kappa shape index (κ3) is 6.91. The maximum absolute atomic E-state index is 6.10. The van der Waals surface area contributed by atoms with Crippen molar-refractivity contribution in [2.24, 2.45) is 0 Å². The maximum Gasteiger partial charge on any atom is 0.178 e. The maximum atomic E-state index is 6.10. The Morgan fingerprint density at radius 3 is 2.14 bits per heavy atom. The van der Waals surface area contributed by atoms with Gasteiger partial charge in [0.05, 0.1) is 11.7 Å². The van der Waals surface area contributed by atoms with Gasteiger partial charge in [-0.15, -0.1) is 5.10 Å². The predicted molar refractivity (Wildman–Crippen MR) is 171 cm³/mol. The number of para-hydroxylation sites is 1. The first-order chi connectivity index (χ1) is 21.2. The summed E-state index contributed by atoms with van der Waals surface area (Å²) in [5, 5.41) is 13.3. The van der Waals surface area contributed by atoms with Crippen molar-refractivity contribution in [3.05, 3.63) is 143 Å². The van der Waals surface area contributed by atoms with Crippen LogP contribution in [0.3, 0.4) is 0 Å². The lowest BCUT2D eigenvalue weighted by Crippen LogP contribution is -2.48. The molecule has 1 saturated heterocycles. The number of hydrogen-bond acceptors (Lipinski definition) is 6. The highest BCUT2D eigenvalue weighted by atomic mass is 16.5. The Morgan fingerprint density at radius 2 is 1.44 bits per heavy atom. The highest BCUT2D eigenvalue weighted by Crippen LogP contribution is 2.32. The summed E-state index contributed by atoms with van der Waals surface area (Å²) in [7, 11) is 0. The highest BCUT2D eigenvalue weighted by molar-refractivity contribution is 5.49. The van der Waals surface area contributed by atoms with E-state index in [-0.39, 0.29) is 6.04 Å². The van der Waals surface area contributed by atoms with Gasteiger partial charge >= 0.3 is 0 Å². The van der Waals surface area contributed by atoms with E-state index in [0.717, 1.165) is 72.2 Å². The molecule has 0 bridgehead atoms. The molecular weight excluding hydrogens is 532 g/mol. The zero-order chi connectivity index (χ0) is 29.4. The van der Waals surface area contributed by atoms with Gasteiger partial charge in [-0.1, -0.05) is 103 Å². The van der Waals surface area contributed by atoms with Gasteiger partial charge in [-0.3, -0.25) is 9.80 Å². The smallest absolute Gasteiger partial charge is 0.178 e. The Hall–Kier alpha value is -4.59. The van der Waals surface area contributed by atoms with Crippen molar-refractivity contribution >= 4 is 6.08 Å². The number of nitrogens with zero attached hydrogens (tertiary/aromatic N) is 6. The van der Waals surface area contributed by atoms with Crippen molar-refractivity contribution in [3.8, 4) is 11.4 Å². The van der Waals surface area contributed by atoms with Crippen molar-refractivity contribution in [1.29, 1.82) is 0 Å². The van der Waals surface area contributed by atoms with Crippen LogP contribution in [0.15, 0.2) is 109 Å². The molecule has 2 heterocycles. The minimum absolute atomic E-state index is 0.0980. The van der Waals surface area contributed by atoms with Gasteiger partial charge in [0, 0.05) is 32.7 Å². The molecular formula is C36H38N6O. The first kappa shape index (κ1) is 28.5. The third-order valence-corrected chi connectivity index (χ3v) is 8.08. The molecule has 1 atom stereocenters. The molecule has 1 aliphatic rings. The van der Waals surface area contributed by atoms with Crippen LogP contribution in [0.2, 0.25) is 0 Å². The second kappa shape index (κ2) is 13.6. The van der Waals surface area contributed by atoms with Crippen LogP contribution >= 0.6 is 0 Å². The standard InChI is InChI=1S/C36H38N6O/c1-28-11-9-12-29(2)34(28)42-36(37-38-39-42)35(32-18-20-33(21-19-32)43-27-31-15-7-4-8-16-31)41-25-23-40(24-26-41)22-10-17-30-13-5-3-6-14-30/h3-21,35H,22-27H2,1-2H3. The molecule has 7 nitrogen and oxygen atoms in total. The van der Waals surface area contributed by atoms with Gasteiger partial charge in [-0.25, -0.2) is 0 Å². The van der Waals surface area contributed by atoms with Gasteiger partial charge in [0.25, 0.3) is 0 Å². The predicted octanol–water partition coefficient (Wildman–Crippen LogP) is 6.28. The van der Waals surface area contributed by atoms with Crippen molar-refractivity contribution in [3.63, 3.8) is 0 Å². The first-order valence-electron chi connectivity index (χ1n) is 15.0. The highest BCUT2D eigenvalue weighted by Gasteiger charge is 2.31. The summed E-state index contributed by atoms with van der Waals surface area (Å²) < 4.78 is 8.03. The Balaban J connectivity index is 1.23. The summed E-state index contributed by atoms with van der Waals surface area (Å²) in [6.45, 7) is 9.46. The van der Waals surface area contributed by atoms with Gasteiger partial charge in [0.15, 0.2) is 5.82 Å². The van der Waals surface area contributed by atoms with Crippen molar-refractivity contribution in [2.75, 3.05) is 32.7 Å². The van der Waals surface area contributed by atoms with Gasteiger partial charge < -0.3 is 4.74 Å². The Labute approximate surface area is 254 Å². The quantitative estimate of drug-likeness (QED) is 0.197. The number of rotatable bonds is 10. The zero-order valence-corrected chi connectivity index (χ0v) is 24.9. The minimum atomic E-state index is -0.0980. The van der Waals surface area contributed by atoms with Gasteiger partial charge in [0.2, 0.25) is 0 Å². The van der Waals surface area contributed by atoms with Crippen LogP contribution in [0.5, 0.6) is 5.75 Å². The Kier molecular flexibility index (Phi) is 9.02. The molecule has 1 aromatic heterocycles. The molecule has 4 aromatic carbocycles. The number of hydrogen-bond donors (Lipinski definition) is 0. The summed E-state index contributed by atoms with van der Waals surface area (Å²) in [5.74, 6) is 1.67. The van der Waals surface area contributed by atoms with E-state index >= 15 is 0 Å². The summed E-state index contributed by atoms with van der Waals surface area (Å²) in [4.78, 5) is 5.01. The van der Waals surface area contributed by atoms with Crippen molar-refractivity contribution in [1.82, 2.24) is 30.0 Å². The van der Waals surface area contributed by atoms with Crippen LogP contribution in [-0.2, 0) is 6.61 Å². The molecule has 0 radical (unpaired) electrons. The molecule has 5 aromatic rings. The van der Waals surface area contributed by atoms with E-state index in [0.29, 0.717) is 6.61 Å². The molecule has 7 heteroatoms. The number of tetrazole rings is 1. The topological polar surface area (TPSA) is 59.3 Å². The average Bonchev–Trinajstić information content (AvgIpc) is 3.51. The van der Waals surface area contributed by atoms with Crippen LogP contribution in [0.25, 0.3) is 11.8 Å². The molecule has 0 amide bonds. The Morgan fingerprint density at radius 1 is 0.767 bits per heavy atom. The van der Waals surface area contributed by atoms with Crippen LogP contribution in [0, 0.1) is 13.8 Å². The molecule has 1 fully saturated rings. The first-order valence-corrected chi connectivity index (χ1v) is 15.0. The normalized spacial score (nSPS) is 15.1. The van der Waals surface area contributed by atoms with Crippen LogP contribution < -0.4 is 4.74 Å². The lowest BCUT2D eigenvalue weighted by Gasteiger charge is -2.38. The monoisotopic (exact) mass is 570 g/mol. The van der Waals surface area contributed by atoms with E-state index in [1.165, 1.54) is 5.56 Å². The van der Waals surface area contributed by atoms with Crippen LogP contribution in [0.1, 0.15) is 39.7 Å². The van der Waals surface area contributed by atoms with E-state index in [1.807, 2.05) is 22.9 Å². The van der Waals surface area contributed by atoms with Crippen LogP contribution in [0.4, 0.5) is 0 Å². The molecule has 6 rings (SSSR count). The van der Waals surface area contributed by atoms with Gasteiger partial charge in [-0.05, 0) is 64.2 Å². The van der Waals surface area contributed by atoms with Crippen LogP contribution in [-0.4, -0.2) is 62.7 Å². The van der Waals surface area contributed by atoms with Crippen molar-refractivity contribution < 1.29 is 4.74 Å². The molecule has 1 aliphatic heterocycles. The number of ether oxygens (including phenoxy) is 1. The molecule has 1 unspecified atom stereocenters. The molecule has 0 N–H and O–H groups in total. The molecule has 0 saturated carbocycles. The van der Waals surface area contributed by atoms with E-state index in [1.54, 1.807) is 0 Å². The number of benzene rings is 4. The third-order valence-electron chi connectivity index (χ3n) is 8.08. The fraction of sp³-hybridized carbons (Fsp3) is 0.250. The lowest BCUT2D eigenvalue weighted by molar-refractivity contribution is 0.113. The summed E-state index contributed by atoms with van der Waals surface area (Å²) in [5.41, 5.74) is 6.86. The molecule has 0 spiro atoms.